The van der Waals surface area contributed by atoms with Crippen LogP contribution in [0.3, 0.4) is 0 Å². The van der Waals surface area contributed by atoms with Gasteiger partial charge in [-0.3, -0.25) is 4.68 Å². The van der Waals surface area contributed by atoms with E-state index in [0.717, 1.165) is 18.8 Å². The number of para-hydroxylation sites is 1. The number of nitrogens with zero attached hydrogens (tertiary/aromatic N) is 3. The van der Waals surface area contributed by atoms with Gasteiger partial charge in [0, 0.05) is 31.6 Å². The normalized spacial score (nSPS) is 18.2. The molecule has 0 amide bonds. The lowest BCUT2D eigenvalue weighted by atomic mass is 10.1. The Balaban J connectivity index is 1.58. The Labute approximate surface area is 127 Å². The van der Waals surface area contributed by atoms with Gasteiger partial charge >= 0.3 is 0 Å². The van der Waals surface area contributed by atoms with E-state index >= 15 is 0 Å². The minimum Gasteiger partial charge on any atom is -0.307 e. The molecular formula is C17H26N4. The van der Waals surface area contributed by atoms with E-state index in [4.69, 9.17) is 0 Å². The van der Waals surface area contributed by atoms with E-state index in [-0.39, 0.29) is 0 Å². The number of fused-ring (bicyclic) bond motifs is 1. The van der Waals surface area contributed by atoms with Crippen LogP contribution >= 0.6 is 0 Å². The summed E-state index contributed by atoms with van der Waals surface area (Å²) in [6, 6.07) is 8.95. The van der Waals surface area contributed by atoms with Crippen molar-refractivity contribution in [1.82, 2.24) is 20.0 Å². The number of rotatable bonds is 5. The van der Waals surface area contributed by atoms with Crippen LogP contribution in [0.15, 0.2) is 24.3 Å². The summed E-state index contributed by atoms with van der Waals surface area (Å²) >= 11 is 0. The van der Waals surface area contributed by atoms with Gasteiger partial charge in [-0.05, 0) is 38.9 Å². The SMILES string of the molecule is CC(CN1CCCCC1)NCc1nn(C)c2ccccc12. The molecule has 1 aromatic heterocycles. The molecule has 1 atom stereocenters. The van der Waals surface area contributed by atoms with Gasteiger partial charge in [0.15, 0.2) is 0 Å². The van der Waals surface area contributed by atoms with Gasteiger partial charge in [-0.1, -0.05) is 24.6 Å². The van der Waals surface area contributed by atoms with Gasteiger partial charge in [-0.2, -0.15) is 5.10 Å². The minimum atomic E-state index is 0.504. The summed E-state index contributed by atoms with van der Waals surface area (Å²) in [5.41, 5.74) is 2.36. The highest BCUT2D eigenvalue weighted by Crippen LogP contribution is 2.17. The van der Waals surface area contributed by atoms with Crippen molar-refractivity contribution >= 4 is 10.9 Å². The molecule has 1 saturated heterocycles. The molecule has 2 aromatic rings. The zero-order valence-electron chi connectivity index (χ0n) is 13.2. The number of benzene rings is 1. The number of piperidine rings is 1. The summed E-state index contributed by atoms with van der Waals surface area (Å²) in [5, 5.41) is 9.54. The van der Waals surface area contributed by atoms with Crippen LogP contribution in [-0.4, -0.2) is 40.4 Å². The van der Waals surface area contributed by atoms with Crippen LogP contribution in [0.5, 0.6) is 0 Å². The predicted molar refractivity (Wildman–Crippen MR) is 87.3 cm³/mol. The maximum Gasteiger partial charge on any atom is 0.0841 e. The molecular weight excluding hydrogens is 260 g/mol. The summed E-state index contributed by atoms with van der Waals surface area (Å²) in [6.45, 7) is 6.79. The van der Waals surface area contributed by atoms with Gasteiger partial charge in [0.2, 0.25) is 0 Å². The molecule has 3 rings (SSSR count). The van der Waals surface area contributed by atoms with Gasteiger partial charge in [-0.15, -0.1) is 0 Å². The monoisotopic (exact) mass is 286 g/mol. The number of aromatic nitrogens is 2. The molecule has 1 aliphatic rings. The Morgan fingerprint density at radius 1 is 1.19 bits per heavy atom. The van der Waals surface area contributed by atoms with E-state index in [9.17, 15) is 0 Å². The van der Waals surface area contributed by atoms with E-state index < -0.39 is 0 Å². The second kappa shape index (κ2) is 6.58. The van der Waals surface area contributed by atoms with Crippen molar-refractivity contribution in [3.05, 3.63) is 30.0 Å². The Morgan fingerprint density at radius 2 is 1.95 bits per heavy atom. The summed E-state index contributed by atoms with van der Waals surface area (Å²) in [7, 11) is 2.02. The van der Waals surface area contributed by atoms with Crippen LogP contribution in [0, 0.1) is 0 Å². The van der Waals surface area contributed by atoms with Crippen molar-refractivity contribution in [3.63, 3.8) is 0 Å². The number of likely N-dealkylation sites (tertiary alicyclic amines) is 1. The van der Waals surface area contributed by atoms with Gasteiger partial charge in [0.25, 0.3) is 0 Å². The second-order valence-electron chi connectivity index (χ2n) is 6.23. The average Bonchev–Trinajstić information content (AvgIpc) is 2.83. The van der Waals surface area contributed by atoms with Crippen LogP contribution in [-0.2, 0) is 13.6 Å². The molecule has 1 aliphatic heterocycles. The van der Waals surface area contributed by atoms with Crippen LogP contribution in [0.4, 0.5) is 0 Å². The third-order valence-electron chi connectivity index (χ3n) is 4.43. The third kappa shape index (κ3) is 3.44. The maximum atomic E-state index is 4.65. The molecule has 0 saturated carbocycles. The smallest absolute Gasteiger partial charge is 0.0841 e. The summed E-state index contributed by atoms with van der Waals surface area (Å²) < 4.78 is 1.97. The van der Waals surface area contributed by atoms with E-state index in [1.54, 1.807) is 0 Å². The molecule has 2 heterocycles. The van der Waals surface area contributed by atoms with Gasteiger partial charge in [0.1, 0.15) is 0 Å². The lowest BCUT2D eigenvalue weighted by Gasteiger charge is -2.29. The van der Waals surface area contributed by atoms with Crippen LogP contribution in [0.2, 0.25) is 0 Å². The van der Waals surface area contributed by atoms with Crippen molar-refractivity contribution in [1.29, 1.82) is 0 Å². The molecule has 0 bridgehead atoms. The Hall–Kier alpha value is -1.39. The molecule has 1 N–H and O–H groups in total. The molecule has 0 spiro atoms. The molecule has 4 nitrogen and oxygen atoms in total. The molecule has 114 valence electrons. The molecule has 4 heteroatoms. The zero-order valence-corrected chi connectivity index (χ0v) is 13.2. The van der Waals surface area contributed by atoms with Crippen molar-refractivity contribution < 1.29 is 0 Å². The van der Waals surface area contributed by atoms with Crippen LogP contribution in [0.25, 0.3) is 10.9 Å². The zero-order chi connectivity index (χ0) is 14.7. The molecule has 0 radical (unpaired) electrons. The highest BCUT2D eigenvalue weighted by atomic mass is 15.3. The van der Waals surface area contributed by atoms with Gasteiger partial charge < -0.3 is 10.2 Å². The van der Waals surface area contributed by atoms with Crippen molar-refractivity contribution in [2.24, 2.45) is 7.05 Å². The first-order valence-corrected chi connectivity index (χ1v) is 8.10. The first kappa shape index (κ1) is 14.5. The fourth-order valence-corrected chi connectivity index (χ4v) is 3.28. The van der Waals surface area contributed by atoms with E-state index in [2.05, 4.69) is 46.5 Å². The van der Waals surface area contributed by atoms with Crippen molar-refractivity contribution in [2.45, 2.75) is 38.8 Å². The third-order valence-corrected chi connectivity index (χ3v) is 4.43. The van der Waals surface area contributed by atoms with Crippen LogP contribution in [0.1, 0.15) is 31.9 Å². The number of hydrogen-bond donors (Lipinski definition) is 1. The maximum absolute atomic E-state index is 4.65. The Kier molecular flexibility index (Phi) is 4.56. The quantitative estimate of drug-likeness (QED) is 0.917. The largest absolute Gasteiger partial charge is 0.307 e. The lowest BCUT2D eigenvalue weighted by Crippen LogP contribution is -2.41. The first-order valence-electron chi connectivity index (χ1n) is 8.10. The molecule has 21 heavy (non-hydrogen) atoms. The predicted octanol–water partition coefficient (Wildman–Crippen LogP) is 2.54. The molecule has 1 unspecified atom stereocenters. The fourth-order valence-electron chi connectivity index (χ4n) is 3.28. The fraction of sp³-hybridized carbons (Fsp3) is 0.588. The summed E-state index contributed by atoms with van der Waals surface area (Å²) in [5.74, 6) is 0. The number of aryl methyl sites for hydroxylation is 1. The van der Waals surface area contributed by atoms with E-state index in [0.29, 0.717) is 6.04 Å². The van der Waals surface area contributed by atoms with Crippen LogP contribution < -0.4 is 5.32 Å². The topological polar surface area (TPSA) is 33.1 Å². The number of nitrogens with one attached hydrogen (secondary N) is 1. The highest BCUT2D eigenvalue weighted by Gasteiger charge is 2.14. The van der Waals surface area contributed by atoms with Gasteiger partial charge in [0.05, 0.1) is 11.2 Å². The Morgan fingerprint density at radius 3 is 2.76 bits per heavy atom. The average molecular weight is 286 g/mol. The van der Waals surface area contributed by atoms with E-state index in [1.165, 1.54) is 43.3 Å². The summed E-state index contributed by atoms with van der Waals surface area (Å²) in [4.78, 5) is 2.58. The van der Waals surface area contributed by atoms with E-state index in [1.807, 2.05) is 11.7 Å². The molecule has 0 aliphatic carbocycles. The van der Waals surface area contributed by atoms with Gasteiger partial charge in [-0.25, -0.2) is 0 Å². The Bertz CT molecular complexity index is 583. The van der Waals surface area contributed by atoms with Crippen molar-refractivity contribution in [3.8, 4) is 0 Å². The molecule has 1 aromatic carbocycles. The molecule has 1 fully saturated rings. The standard InChI is InChI=1S/C17H26N4/c1-14(13-21-10-6-3-7-11-21)18-12-16-15-8-4-5-9-17(15)20(2)19-16/h4-5,8-9,14,18H,3,6-7,10-13H2,1-2H3. The second-order valence-corrected chi connectivity index (χ2v) is 6.23. The highest BCUT2D eigenvalue weighted by molar-refractivity contribution is 5.81. The van der Waals surface area contributed by atoms with Crippen molar-refractivity contribution in [2.75, 3.05) is 19.6 Å². The summed E-state index contributed by atoms with van der Waals surface area (Å²) in [6.07, 6.45) is 4.12. The number of hydrogen-bond acceptors (Lipinski definition) is 3. The lowest BCUT2D eigenvalue weighted by molar-refractivity contribution is 0.208. The first-order chi connectivity index (χ1) is 10.2. The minimum absolute atomic E-state index is 0.504.